The zero-order valence-corrected chi connectivity index (χ0v) is 21.7. The molecule has 0 saturated carbocycles. The molecule has 2 aromatic carbocycles. The van der Waals surface area contributed by atoms with Gasteiger partial charge >= 0.3 is 11.9 Å². The lowest BCUT2D eigenvalue weighted by atomic mass is 10.1. The maximum atomic E-state index is 13.9. The summed E-state index contributed by atoms with van der Waals surface area (Å²) in [6.07, 6.45) is 1.49. The van der Waals surface area contributed by atoms with E-state index in [1.54, 1.807) is 0 Å². The lowest BCUT2D eigenvalue weighted by molar-refractivity contribution is -0.135. The normalized spacial score (nSPS) is 10.8. The zero-order valence-electron chi connectivity index (χ0n) is 21.0. The van der Waals surface area contributed by atoms with Gasteiger partial charge in [0.05, 0.1) is 36.6 Å². The standard InChI is InChI=1S/C26H22ClN5O8/c1-39-17-8-9-19(30-24(35)15-5-3-14(4-6-15)23(28)31-40-2)18(11-17)25(36)32(20(26(37)38)12-22(33)34)21-10-7-16(27)13-29-21/h3-13H,1-2H3,(H2,28,31)(H,30,35)(H,33,34)(H,37,38)/b20-12-. The number of methoxy groups -OCH3 is 1. The molecule has 0 aliphatic rings. The van der Waals surface area contributed by atoms with Crippen molar-refractivity contribution in [3.8, 4) is 5.75 Å². The first-order valence-corrected chi connectivity index (χ1v) is 11.5. The molecule has 0 radical (unpaired) electrons. The van der Waals surface area contributed by atoms with Gasteiger partial charge in [-0.3, -0.25) is 24.7 Å². The van der Waals surface area contributed by atoms with Crippen LogP contribution < -0.4 is 20.4 Å². The highest BCUT2D eigenvalue weighted by Crippen LogP contribution is 2.28. The number of carboxylic acids is 2. The van der Waals surface area contributed by atoms with E-state index in [1.165, 1.54) is 68.8 Å². The molecule has 0 spiro atoms. The van der Waals surface area contributed by atoms with E-state index in [4.69, 9.17) is 26.6 Å². The number of halogens is 1. The van der Waals surface area contributed by atoms with Gasteiger partial charge in [-0.15, -0.1) is 0 Å². The van der Waals surface area contributed by atoms with Gasteiger partial charge in [-0.1, -0.05) is 23.7 Å². The minimum atomic E-state index is -1.73. The predicted octanol–water partition coefficient (Wildman–Crippen LogP) is 3.17. The molecule has 13 nitrogen and oxygen atoms in total. The van der Waals surface area contributed by atoms with Gasteiger partial charge in [0, 0.05) is 17.3 Å². The van der Waals surface area contributed by atoms with Gasteiger partial charge in [0.25, 0.3) is 11.8 Å². The Morgan fingerprint density at radius 2 is 1.68 bits per heavy atom. The third-order valence-corrected chi connectivity index (χ3v) is 5.43. The summed E-state index contributed by atoms with van der Waals surface area (Å²) in [5.41, 5.74) is 1.80. The van der Waals surface area contributed by atoms with Crippen LogP contribution in [0.2, 0.25) is 5.02 Å². The van der Waals surface area contributed by atoms with Gasteiger partial charge in [0.1, 0.15) is 23.1 Å². The van der Waals surface area contributed by atoms with Gasteiger partial charge in [0.15, 0.2) is 0 Å². The number of nitrogens with one attached hydrogen (secondary N) is 3. The largest absolute Gasteiger partial charge is 0.497 e. The van der Waals surface area contributed by atoms with Crippen LogP contribution in [0.25, 0.3) is 0 Å². The summed E-state index contributed by atoms with van der Waals surface area (Å²) >= 11 is 5.89. The summed E-state index contributed by atoms with van der Waals surface area (Å²) in [6, 6.07) is 12.6. The average Bonchev–Trinajstić information content (AvgIpc) is 2.93. The molecule has 3 rings (SSSR count). The lowest BCUT2D eigenvalue weighted by Crippen LogP contribution is -2.35. The third-order valence-electron chi connectivity index (χ3n) is 5.21. The van der Waals surface area contributed by atoms with E-state index >= 15 is 0 Å². The predicted molar refractivity (Wildman–Crippen MR) is 144 cm³/mol. The number of rotatable bonds is 10. The monoisotopic (exact) mass is 567 g/mol. The number of nitrogens with zero attached hydrogens (tertiary/aromatic N) is 2. The number of pyridine rings is 1. The first-order valence-electron chi connectivity index (χ1n) is 11.2. The molecule has 0 unspecified atom stereocenters. The molecule has 0 aliphatic heterocycles. The van der Waals surface area contributed by atoms with Crippen LogP contribution in [-0.2, 0) is 14.4 Å². The number of carbonyl (C=O) groups excluding carboxylic acids is 2. The number of amidine groups is 1. The van der Waals surface area contributed by atoms with Crippen molar-refractivity contribution in [2.45, 2.75) is 0 Å². The molecular weight excluding hydrogens is 546 g/mol. The minimum Gasteiger partial charge on any atom is -0.497 e. The number of hydroxylamine groups is 1. The minimum absolute atomic E-state index is 0.0305. The smallest absolute Gasteiger partial charge is 0.353 e. The van der Waals surface area contributed by atoms with Gasteiger partial charge in [-0.25, -0.2) is 20.1 Å². The van der Waals surface area contributed by atoms with Crippen molar-refractivity contribution in [1.29, 1.82) is 5.41 Å². The van der Waals surface area contributed by atoms with Crippen molar-refractivity contribution in [2.24, 2.45) is 0 Å². The van der Waals surface area contributed by atoms with E-state index in [0.29, 0.717) is 16.5 Å². The molecule has 0 bridgehead atoms. The van der Waals surface area contributed by atoms with Crippen LogP contribution in [0.5, 0.6) is 5.75 Å². The molecule has 5 N–H and O–H groups in total. The number of aliphatic carboxylic acids is 2. The van der Waals surface area contributed by atoms with E-state index in [9.17, 15) is 29.4 Å². The number of anilines is 2. The summed E-state index contributed by atoms with van der Waals surface area (Å²) in [7, 11) is 2.69. The number of hydrogen-bond acceptors (Lipinski definition) is 8. The molecular formula is C26H22ClN5O8. The van der Waals surface area contributed by atoms with Crippen molar-refractivity contribution in [3.63, 3.8) is 0 Å². The van der Waals surface area contributed by atoms with E-state index in [1.807, 2.05) is 0 Å². The maximum Gasteiger partial charge on any atom is 0.353 e. The average molecular weight is 568 g/mol. The second-order valence-electron chi connectivity index (χ2n) is 7.77. The number of benzene rings is 2. The number of ether oxygens (including phenoxy) is 1. The molecule has 14 heteroatoms. The second kappa shape index (κ2) is 13.0. The number of carbonyl (C=O) groups is 4. The SMILES string of the molecule is CONC(=N)c1ccc(C(=O)Nc2ccc(OC)cc2C(=O)N(/C(=C\C(=O)O)C(=O)O)c2ccc(Cl)cn2)cc1. The van der Waals surface area contributed by atoms with Crippen LogP contribution in [-0.4, -0.2) is 59.0 Å². The fourth-order valence-corrected chi connectivity index (χ4v) is 3.49. The highest BCUT2D eigenvalue weighted by atomic mass is 35.5. The molecule has 206 valence electrons. The lowest BCUT2D eigenvalue weighted by Gasteiger charge is -2.23. The molecule has 0 aliphatic carbocycles. The zero-order chi connectivity index (χ0) is 29.4. The van der Waals surface area contributed by atoms with Crippen molar-refractivity contribution in [1.82, 2.24) is 10.5 Å². The highest BCUT2D eigenvalue weighted by molar-refractivity contribution is 6.30. The third kappa shape index (κ3) is 6.98. The summed E-state index contributed by atoms with van der Waals surface area (Å²) in [4.78, 5) is 59.6. The molecule has 0 saturated heterocycles. The number of carboxylic acid groups (broad SMARTS) is 2. The Labute approximate surface area is 232 Å². The van der Waals surface area contributed by atoms with Crippen LogP contribution in [0.1, 0.15) is 26.3 Å². The van der Waals surface area contributed by atoms with E-state index < -0.39 is 29.5 Å². The Morgan fingerprint density at radius 1 is 1.00 bits per heavy atom. The van der Waals surface area contributed by atoms with Crippen LogP contribution in [0.3, 0.4) is 0 Å². The highest BCUT2D eigenvalue weighted by Gasteiger charge is 2.30. The fraction of sp³-hybridized carbons (Fsp3) is 0.0769. The fourth-order valence-electron chi connectivity index (χ4n) is 3.38. The quantitative estimate of drug-likeness (QED) is 0.105. The first kappa shape index (κ1) is 29.3. The van der Waals surface area contributed by atoms with Gasteiger partial charge < -0.3 is 20.3 Å². The van der Waals surface area contributed by atoms with Crippen LogP contribution in [0, 0.1) is 5.41 Å². The number of aromatic nitrogens is 1. The van der Waals surface area contributed by atoms with E-state index in [-0.39, 0.29) is 39.2 Å². The van der Waals surface area contributed by atoms with Gasteiger partial charge in [0.2, 0.25) is 0 Å². The Bertz CT molecular complexity index is 1490. The molecule has 1 heterocycles. The van der Waals surface area contributed by atoms with Crippen LogP contribution in [0.4, 0.5) is 11.5 Å². The molecule has 2 amide bonds. The second-order valence-corrected chi connectivity index (χ2v) is 8.21. The Kier molecular flexibility index (Phi) is 9.52. The van der Waals surface area contributed by atoms with Crippen LogP contribution >= 0.6 is 11.6 Å². The van der Waals surface area contributed by atoms with Crippen molar-refractivity contribution < 1.29 is 39.0 Å². The van der Waals surface area contributed by atoms with Crippen molar-refractivity contribution in [3.05, 3.63) is 94.3 Å². The maximum absolute atomic E-state index is 13.9. The van der Waals surface area contributed by atoms with Crippen LogP contribution in [0.15, 0.2) is 72.6 Å². The summed E-state index contributed by atoms with van der Waals surface area (Å²) in [5, 5.41) is 29.7. The first-order chi connectivity index (χ1) is 19.0. The van der Waals surface area contributed by atoms with E-state index in [0.717, 1.165) is 6.20 Å². The van der Waals surface area contributed by atoms with Gasteiger partial charge in [-0.2, -0.15) is 0 Å². The van der Waals surface area contributed by atoms with Crippen molar-refractivity contribution in [2.75, 3.05) is 24.4 Å². The molecule has 0 fully saturated rings. The summed E-state index contributed by atoms with van der Waals surface area (Å²) < 4.78 is 5.20. The molecule has 40 heavy (non-hydrogen) atoms. The molecule has 0 atom stereocenters. The molecule has 3 aromatic rings. The van der Waals surface area contributed by atoms with Gasteiger partial charge in [-0.05, 0) is 42.5 Å². The summed E-state index contributed by atoms with van der Waals surface area (Å²) in [5.74, 6) is -5.10. The molecule has 1 aromatic heterocycles. The van der Waals surface area contributed by atoms with Crippen molar-refractivity contribution >= 4 is 52.7 Å². The topological polar surface area (TPSA) is 191 Å². The Hall–Kier alpha value is -5.27. The number of amides is 2. The Balaban J connectivity index is 2.07. The number of hydrogen-bond donors (Lipinski definition) is 5. The summed E-state index contributed by atoms with van der Waals surface area (Å²) in [6.45, 7) is 0. The van der Waals surface area contributed by atoms with E-state index in [2.05, 4.69) is 15.8 Å². The Morgan fingerprint density at radius 3 is 2.23 bits per heavy atom.